The highest BCUT2D eigenvalue weighted by Crippen LogP contribution is 2.35. The summed E-state index contributed by atoms with van der Waals surface area (Å²) in [5.74, 6) is 0. The SMILES string of the molecule is COC1(CNc2cnn(C)c(=O)c2Cl)CCC1. The predicted octanol–water partition coefficient (Wildman–Crippen LogP) is 1.41. The lowest BCUT2D eigenvalue weighted by atomic mass is 9.80. The topological polar surface area (TPSA) is 56.1 Å². The third-order valence-corrected chi connectivity index (χ3v) is 3.74. The van der Waals surface area contributed by atoms with Crippen molar-refractivity contribution < 1.29 is 4.74 Å². The molecule has 0 bridgehead atoms. The molecule has 1 aliphatic carbocycles. The van der Waals surface area contributed by atoms with E-state index in [1.54, 1.807) is 20.4 Å². The largest absolute Gasteiger partial charge is 0.379 e. The van der Waals surface area contributed by atoms with Crippen LogP contribution in [0.5, 0.6) is 0 Å². The fraction of sp³-hybridized carbons (Fsp3) is 0.636. The Labute approximate surface area is 105 Å². The Bertz CT molecular complexity index is 463. The van der Waals surface area contributed by atoms with Crippen molar-refractivity contribution in [2.45, 2.75) is 24.9 Å². The van der Waals surface area contributed by atoms with Gasteiger partial charge in [-0.25, -0.2) is 4.68 Å². The molecule has 0 atom stereocenters. The van der Waals surface area contributed by atoms with Gasteiger partial charge in [-0.15, -0.1) is 0 Å². The maximum absolute atomic E-state index is 11.6. The van der Waals surface area contributed by atoms with Crippen LogP contribution in [-0.2, 0) is 11.8 Å². The van der Waals surface area contributed by atoms with Gasteiger partial charge in [-0.1, -0.05) is 11.6 Å². The molecule has 1 aromatic heterocycles. The molecule has 1 aromatic rings. The first kappa shape index (κ1) is 12.4. The zero-order valence-electron chi connectivity index (χ0n) is 9.99. The fourth-order valence-electron chi connectivity index (χ4n) is 1.91. The van der Waals surface area contributed by atoms with Crippen LogP contribution in [-0.4, -0.2) is 29.0 Å². The van der Waals surface area contributed by atoms with Crippen molar-refractivity contribution >= 4 is 17.3 Å². The van der Waals surface area contributed by atoms with Crippen LogP contribution in [0.25, 0.3) is 0 Å². The van der Waals surface area contributed by atoms with Gasteiger partial charge in [-0.05, 0) is 19.3 Å². The van der Waals surface area contributed by atoms with Crippen LogP contribution < -0.4 is 10.9 Å². The van der Waals surface area contributed by atoms with Crippen molar-refractivity contribution in [1.82, 2.24) is 9.78 Å². The van der Waals surface area contributed by atoms with Gasteiger partial charge in [0.15, 0.2) is 0 Å². The Morgan fingerprint density at radius 3 is 2.88 bits per heavy atom. The molecule has 2 rings (SSSR count). The summed E-state index contributed by atoms with van der Waals surface area (Å²) >= 11 is 5.96. The van der Waals surface area contributed by atoms with E-state index in [2.05, 4.69) is 10.4 Å². The highest BCUT2D eigenvalue weighted by molar-refractivity contribution is 6.32. The Hall–Kier alpha value is -1.07. The van der Waals surface area contributed by atoms with Gasteiger partial charge in [0.1, 0.15) is 5.02 Å². The number of aromatic nitrogens is 2. The van der Waals surface area contributed by atoms with Crippen molar-refractivity contribution in [3.05, 3.63) is 21.6 Å². The average molecular weight is 258 g/mol. The summed E-state index contributed by atoms with van der Waals surface area (Å²) in [6, 6.07) is 0. The van der Waals surface area contributed by atoms with Gasteiger partial charge >= 0.3 is 0 Å². The van der Waals surface area contributed by atoms with Crippen molar-refractivity contribution in [3.63, 3.8) is 0 Å². The molecule has 0 spiro atoms. The molecule has 1 saturated carbocycles. The molecule has 0 aliphatic heterocycles. The van der Waals surface area contributed by atoms with Crippen LogP contribution in [0.4, 0.5) is 5.69 Å². The first-order valence-corrected chi connectivity index (χ1v) is 5.97. The highest BCUT2D eigenvalue weighted by atomic mass is 35.5. The molecule has 1 fully saturated rings. The Kier molecular flexibility index (Phi) is 3.40. The first-order valence-electron chi connectivity index (χ1n) is 5.59. The van der Waals surface area contributed by atoms with Gasteiger partial charge in [-0.2, -0.15) is 5.10 Å². The molecule has 0 aromatic carbocycles. The van der Waals surface area contributed by atoms with Crippen LogP contribution >= 0.6 is 11.6 Å². The lowest BCUT2D eigenvalue weighted by Gasteiger charge is -2.40. The smallest absolute Gasteiger partial charge is 0.287 e. The number of halogens is 1. The number of aryl methyl sites for hydroxylation is 1. The average Bonchev–Trinajstić information content (AvgIpc) is 2.28. The van der Waals surface area contributed by atoms with E-state index in [1.165, 1.54) is 11.1 Å². The van der Waals surface area contributed by atoms with Crippen molar-refractivity contribution in [1.29, 1.82) is 0 Å². The monoisotopic (exact) mass is 257 g/mol. The van der Waals surface area contributed by atoms with Gasteiger partial charge in [0.05, 0.1) is 17.5 Å². The molecule has 1 N–H and O–H groups in total. The van der Waals surface area contributed by atoms with Gasteiger partial charge in [0.25, 0.3) is 5.56 Å². The molecule has 94 valence electrons. The lowest BCUT2D eigenvalue weighted by molar-refractivity contribution is -0.0601. The van der Waals surface area contributed by atoms with Gasteiger partial charge in [-0.3, -0.25) is 4.79 Å². The zero-order chi connectivity index (χ0) is 12.5. The minimum absolute atomic E-state index is 0.107. The van der Waals surface area contributed by atoms with E-state index < -0.39 is 0 Å². The number of ether oxygens (including phenoxy) is 1. The summed E-state index contributed by atoms with van der Waals surface area (Å²) in [7, 11) is 3.28. The number of rotatable bonds is 4. The number of methoxy groups -OCH3 is 1. The number of anilines is 1. The Balaban J connectivity index is 2.09. The predicted molar refractivity (Wildman–Crippen MR) is 66.6 cm³/mol. The third kappa shape index (κ3) is 2.30. The van der Waals surface area contributed by atoms with Crippen molar-refractivity contribution in [2.24, 2.45) is 7.05 Å². The van der Waals surface area contributed by atoms with Crippen molar-refractivity contribution in [2.75, 3.05) is 19.0 Å². The molecule has 1 heterocycles. The summed E-state index contributed by atoms with van der Waals surface area (Å²) in [6.07, 6.45) is 4.81. The van der Waals surface area contributed by atoms with E-state index in [1.807, 2.05) is 0 Å². The summed E-state index contributed by atoms with van der Waals surface area (Å²) < 4.78 is 6.69. The second kappa shape index (κ2) is 4.66. The maximum atomic E-state index is 11.6. The molecule has 1 aliphatic rings. The number of nitrogens with one attached hydrogen (secondary N) is 1. The number of nitrogens with zero attached hydrogens (tertiary/aromatic N) is 2. The molecule has 0 saturated heterocycles. The molecular formula is C11H16ClN3O2. The maximum Gasteiger partial charge on any atom is 0.287 e. The van der Waals surface area contributed by atoms with Gasteiger partial charge in [0.2, 0.25) is 0 Å². The van der Waals surface area contributed by atoms with E-state index >= 15 is 0 Å². The fourth-order valence-corrected chi connectivity index (χ4v) is 2.15. The molecule has 6 heteroatoms. The van der Waals surface area contributed by atoms with E-state index in [-0.39, 0.29) is 16.2 Å². The normalized spacial score (nSPS) is 17.6. The standard InChI is InChI=1S/C11H16ClN3O2/c1-15-10(16)9(12)8(6-14-15)13-7-11(17-2)4-3-5-11/h6,13H,3-5,7H2,1-2H3. The quantitative estimate of drug-likeness (QED) is 0.886. The summed E-state index contributed by atoms with van der Waals surface area (Å²) in [4.78, 5) is 11.6. The van der Waals surface area contributed by atoms with E-state index in [0.717, 1.165) is 12.8 Å². The Morgan fingerprint density at radius 2 is 2.35 bits per heavy atom. The third-order valence-electron chi connectivity index (χ3n) is 3.38. The molecular weight excluding hydrogens is 242 g/mol. The molecule has 0 amide bonds. The number of hydrogen-bond acceptors (Lipinski definition) is 4. The second-order valence-corrected chi connectivity index (χ2v) is 4.77. The molecule has 17 heavy (non-hydrogen) atoms. The minimum atomic E-state index is -0.295. The minimum Gasteiger partial charge on any atom is -0.379 e. The van der Waals surface area contributed by atoms with E-state index in [9.17, 15) is 4.79 Å². The van der Waals surface area contributed by atoms with Crippen LogP contribution in [0.3, 0.4) is 0 Å². The lowest BCUT2D eigenvalue weighted by Crippen LogP contribution is -2.45. The zero-order valence-corrected chi connectivity index (χ0v) is 10.8. The van der Waals surface area contributed by atoms with Crippen LogP contribution in [0, 0.1) is 0 Å². The Morgan fingerprint density at radius 1 is 1.65 bits per heavy atom. The van der Waals surface area contributed by atoms with E-state index in [4.69, 9.17) is 16.3 Å². The van der Waals surface area contributed by atoms with Crippen LogP contribution in [0.15, 0.2) is 11.0 Å². The summed E-state index contributed by atoms with van der Waals surface area (Å²) in [5, 5.41) is 7.24. The van der Waals surface area contributed by atoms with Gasteiger partial charge < -0.3 is 10.1 Å². The molecule has 5 nitrogen and oxygen atoms in total. The second-order valence-electron chi connectivity index (χ2n) is 4.40. The van der Waals surface area contributed by atoms with E-state index in [0.29, 0.717) is 12.2 Å². The van der Waals surface area contributed by atoms with Gasteiger partial charge in [0, 0.05) is 20.7 Å². The highest BCUT2D eigenvalue weighted by Gasteiger charge is 2.36. The van der Waals surface area contributed by atoms with Crippen LogP contribution in [0.1, 0.15) is 19.3 Å². The van der Waals surface area contributed by atoms with Crippen LogP contribution in [0.2, 0.25) is 5.02 Å². The first-order chi connectivity index (χ1) is 8.08. The molecule has 0 radical (unpaired) electrons. The van der Waals surface area contributed by atoms with Crippen molar-refractivity contribution in [3.8, 4) is 0 Å². The summed E-state index contributed by atoms with van der Waals surface area (Å²) in [5.41, 5.74) is 0.166. The number of hydrogen-bond donors (Lipinski definition) is 1. The summed E-state index contributed by atoms with van der Waals surface area (Å²) in [6.45, 7) is 0.651. The molecule has 0 unspecified atom stereocenters.